The summed E-state index contributed by atoms with van der Waals surface area (Å²) in [5.74, 6) is 1.27. The van der Waals surface area contributed by atoms with E-state index < -0.39 is 0 Å². The molecule has 1 amide bonds. The molecule has 0 aromatic heterocycles. The lowest BCUT2D eigenvalue weighted by atomic mass is 10.2. The number of hydrogen-bond donors (Lipinski definition) is 1. The van der Waals surface area contributed by atoms with E-state index in [1.54, 1.807) is 31.4 Å². The van der Waals surface area contributed by atoms with Crippen molar-refractivity contribution in [2.75, 3.05) is 19.0 Å². The number of carbonyl (C=O) groups excluding carboxylic acids is 1. The number of hydrogen-bond acceptors (Lipinski definition) is 3. The molecule has 0 unspecified atom stereocenters. The first-order valence-electron chi connectivity index (χ1n) is 6.87. The SMILES string of the molecule is CCc1cccc(OCC(=O)Nc2ccc(OC)cc2)c1. The maximum Gasteiger partial charge on any atom is 0.262 e. The number of amides is 1. The van der Waals surface area contributed by atoms with Crippen molar-refractivity contribution in [2.45, 2.75) is 13.3 Å². The summed E-state index contributed by atoms with van der Waals surface area (Å²) in [5.41, 5.74) is 1.90. The van der Waals surface area contributed by atoms with Crippen LogP contribution < -0.4 is 14.8 Å². The van der Waals surface area contributed by atoms with Gasteiger partial charge in [-0.2, -0.15) is 0 Å². The van der Waals surface area contributed by atoms with Gasteiger partial charge in [-0.25, -0.2) is 0 Å². The Balaban J connectivity index is 1.86. The van der Waals surface area contributed by atoms with Crippen LogP contribution >= 0.6 is 0 Å². The summed E-state index contributed by atoms with van der Waals surface area (Å²) >= 11 is 0. The molecule has 0 fully saturated rings. The number of aryl methyl sites for hydroxylation is 1. The molecule has 0 aliphatic rings. The van der Waals surface area contributed by atoms with Gasteiger partial charge >= 0.3 is 0 Å². The maximum absolute atomic E-state index is 11.8. The van der Waals surface area contributed by atoms with Crippen LogP contribution in [0.25, 0.3) is 0 Å². The van der Waals surface area contributed by atoms with Gasteiger partial charge in [-0.1, -0.05) is 19.1 Å². The minimum atomic E-state index is -0.193. The molecule has 2 aromatic rings. The van der Waals surface area contributed by atoms with E-state index >= 15 is 0 Å². The van der Waals surface area contributed by atoms with E-state index in [-0.39, 0.29) is 12.5 Å². The van der Waals surface area contributed by atoms with Crippen molar-refractivity contribution in [3.05, 3.63) is 54.1 Å². The number of nitrogens with one attached hydrogen (secondary N) is 1. The molecule has 0 aliphatic carbocycles. The molecule has 0 atom stereocenters. The average molecular weight is 285 g/mol. The molecule has 0 radical (unpaired) electrons. The van der Waals surface area contributed by atoms with Crippen LogP contribution in [-0.4, -0.2) is 19.6 Å². The van der Waals surface area contributed by atoms with Crippen LogP contribution in [0, 0.1) is 0 Å². The third-order valence-electron chi connectivity index (χ3n) is 3.05. The molecule has 0 saturated carbocycles. The van der Waals surface area contributed by atoms with Gasteiger partial charge in [-0.05, 0) is 48.4 Å². The standard InChI is InChI=1S/C17H19NO3/c1-3-13-5-4-6-16(11-13)21-12-17(19)18-14-7-9-15(20-2)10-8-14/h4-11H,3,12H2,1-2H3,(H,18,19). The van der Waals surface area contributed by atoms with Crippen molar-refractivity contribution in [3.8, 4) is 11.5 Å². The molecule has 0 bridgehead atoms. The fourth-order valence-electron chi connectivity index (χ4n) is 1.88. The lowest BCUT2D eigenvalue weighted by Gasteiger charge is -2.09. The highest BCUT2D eigenvalue weighted by Gasteiger charge is 2.04. The van der Waals surface area contributed by atoms with Crippen molar-refractivity contribution >= 4 is 11.6 Å². The minimum absolute atomic E-state index is 0.0147. The summed E-state index contributed by atoms with van der Waals surface area (Å²) in [5, 5.41) is 2.77. The summed E-state index contributed by atoms with van der Waals surface area (Å²) in [6, 6.07) is 14.9. The molecule has 110 valence electrons. The van der Waals surface area contributed by atoms with Crippen molar-refractivity contribution in [1.82, 2.24) is 0 Å². The van der Waals surface area contributed by atoms with Gasteiger partial charge in [-0.3, -0.25) is 4.79 Å². The van der Waals surface area contributed by atoms with Gasteiger partial charge in [0.25, 0.3) is 5.91 Å². The molecule has 0 saturated heterocycles. The molecule has 1 N–H and O–H groups in total. The van der Waals surface area contributed by atoms with Gasteiger partial charge in [0.15, 0.2) is 6.61 Å². The molecule has 0 aliphatic heterocycles. The highest BCUT2D eigenvalue weighted by atomic mass is 16.5. The fraction of sp³-hybridized carbons (Fsp3) is 0.235. The van der Waals surface area contributed by atoms with Gasteiger partial charge in [-0.15, -0.1) is 0 Å². The van der Waals surface area contributed by atoms with Gasteiger partial charge in [0.2, 0.25) is 0 Å². The summed E-state index contributed by atoms with van der Waals surface area (Å²) in [7, 11) is 1.60. The molecular weight excluding hydrogens is 266 g/mol. The summed E-state index contributed by atoms with van der Waals surface area (Å²) in [4.78, 5) is 11.8. The van der Waals surface area contributed by atoms with Gasteiger partial charge in [0.05, 0.1) is 7.11 Å². The van der Waals surface area contributed by atoms with Gasteiger partial charge in [0.1, 0.15) is 11.5 Å². The van der Waals surface area contributed by atoms with Crippen LogP contribution in [0.5, 0.6) is 11.5 Å². The quantitative estimate of drug-likeness (QED) is 0.886. The first-order chi connectivity index (χ1) is 10.2. The smallest absolute Gasteiger partial charge is 0.262 e. The van der Waals surface area contributed by atoms with E-state index in [0.29, 0.717) is 11.4 Å². The van der Waals surface area contributed by atoms with Crippen molar-refractivity contribution in [2.24, 2.45) is 0 Å². The zero-order chi connectivity index (χ0) is 15.1. The van der Waals surface area contributed by atoms with Gasteiger partial charge < -0.3 is 14.8 Å². The van der Waals surface area contributed by atoms with E-state index in [1.165, 1.54) is 5.56 Å². The van der Waals surface area contributed by atoms with E-state index in [0.717, 1.165) is 12.2 Å². The van der Waals surface area contributed by atoms with Crippen LogP contribution in [-0.2, 0) is 11.2 Å². The topological polar surface area (TPSA) is 47.6 Å². The number of rotatable bonds is 6. The highest BCUT2D eigenvalue weighted by Crippen LogP contribution is 2.16. The number of carbonyl (C=O) groups is 1. The molecule has 4 nitrogen and oxygen atoms in total. The Morgan fingerprint density at radius 1 is 1.10 bits per heavy atom. The number of ether oxygens (including phenoxy) is 2. The minimum Gasteiger partial charge on any atom is -0.497 e. The Kier molecular flexibility index (Phi) is 5.21. The third-order valence-corrected chi connectivity index (χ3v) is 3.05. The zero-order valence-corrected chi connectivity index (χ0v) is 12.3. The van der Waals surface area contributed by atoms with E-state index in [9.17, 15) is 4.79 Å². The molecule has 2 aromatic carbocycles. The number of anilines is 1. The maximum atomic E-state index is 11.8. The highest BCUT2D eigenvalue weighted by molar-refractivity contribution is 5.91. The summed E-state index contributed by atoms with van der Waals surface area (Å²) in [6.45, 7) is 2.06. The van der Waals surface area contributed by atoms with Crippen LogP contribution in [0.3, 0.4) is 0 Å². The summed E-state index contributed by atoms with van der Waals surface area (Å²) < 4.78 is 10.6. The Bertz CT molecular complexity index is 593. The van der Waals surface area contributed by atoms with Crippen molar-refractivity contribution < 1.29 is 14.3 Å². The normalized spacial score (nSPS) is 10.0. The Morgan fingerprint density at radius 3 is 2.52 bits per heavy atom. The molecule has 4 heteroatoms. The first-order valence-corrected chi connectivity index (χ1v) is 6.87. The lowest BCUT2D eigenvalue weighted by Crippen LogP contribution is -2.20. The van der Waals surface area contributed by atoms with E-state index in [4.69, 9.17) is 9.47 Å². The largest absolute Gasteiger partial charge is 0.497 e. The summed E-state index contributed by atoms with van der Waals surface area (Å²) in [6.07, 6.45) is 0.940. The van der Waals surface area contributed by atoms with E-state index in [1.807, 2.05) is 24.3 Å². The molecule has 0 spiro atoms. The van der Waals surface area contributed by atoms with Crippen LogP contribution in [0.1, 0.15) is 12.5 Å². The monoisotopic (exact) mass is 285 g/mol. The predicted molar refractivity (Wildman–Crippen MR) is 82.9 cm³/mol. The van der Waals surface area contributed by atoms with Crippen LogP contribution in [0.2, 0.25) is 0 Å². The predicted octanol–water partition coefficient (Wildman–Crippen LogP) is 3.28. The Labute approximate surface area is 124 Å². The molecule has 2 rings (SSSR count). The third kappa shape index (κ3) is 4.53. The van der Waals surface area contributed by atoms with Crippen molar-refractivity contribution in [3.63, 3.8) is 0 Å². The Hall–Kier alpha value is -2.49. The number of methoxy groups -OCH3 is 1. The second kappa shape index (κ2) is 7.33. The van der Waals surface area contributed by atoms with Crippen molar-refractivity contribution in [1.29, 1.82) is 0 Å². The second-order valence-electron chi connectivity index (χ2n) is 4.57. The average Bonchev–Trinajstić information content (AvgIpc) is 2.54. The first kappa shape index (κ1) is 14.9. The van der Waals surface area contributed by atoms with Gasteiger partial charge in [0, 0.05) is 5.69 Å². The Morgan fingerprint density at radius 2 is 1.86 bits per heavy atom. The fourth-order valence-corrected chi connectivity index (χ4v) is 1.88. The van der Waals surface area contributed by atoms with Crippen LogP contribution in [0.4, 0.5) is 5.69 Å². The zero-order valence-electron chi connectivity index (χ0n) is 12.3. The second-order valence-corrected chi connectivity index (χ2v) is 4.57. The molecule has 21 heavy (non-hydrogen) atoms. The number of benzene rings is 2. The lowest BCUT2D eigenvalue weighted by molar-refractivity contribution is -0.118. The molecular formula is C17H19NO3. The van der Waals surface area contributed by atoms with E-state index in [2.05, 4.69) is 12.2 Å². The molecule has 0 heterocycles. The van der Waals surface area contributed by atoms with Crippen LogP contribution in [0.15, 0.2) is 48.5 Å².